The lowest BCUT2D eigenvalue weighted by Crippen LogP contribution is -2.50. The van der Waals surface area contributed by atoms with Gasteiger partial charge in [-0.25, -0.2) is 9.07 Å². The number of fused-ring (bicyclic) bond motifs is 2. The molecule has 3 atom stereocenters. The van der Waals surface area contributed by atoms with Crippen LogP contribution in [0.2, 0.25) is 16.6 Å². The number of hydrogen-bond donors (Lipinski definition) is 1. The first-order valence-electron chi connectivity index (χ1n) is 15.8. The fourth-order valence-corrected chi connectivity index (χ4v) is 13.8. The molecule has 2 aliphatic rings. The summed E-state index contributed by atoms with van der Waals surface area (Å²) >= 11 is 0. The van der Waals surface area contributed by atoms with Crippen molar-refractivity contribution in [2.75, 3.05) is 0 Å². The van der Waals surface area contributed by atoms with Gasteiger partial charge in [-0.2, -0.15) is 5.10 Å². The summed E-state index contributed by atoms with van der Waals surface area (Å²) in [4.78, 5) is 0. The molecule has 1 saturated carbocycles. The van der Waals surface area contributed by atoms with Crippen molar-refractivity contribution in [3.8, 4) is 11.4 Å². The Morgan fingerprint density at radius 1 is 1.00 bits per heavy atom. The minimum absolute atomic E-state index is 0.0967. The smallest absolute Gasteiger partial charge is 0.258 e. The van der Waals surface area contributed by atoms with Crippen LogP contribution in [0.4, 0.5) is 4.39 Å². The highest BCUT2D eigenvalue weighted by Crippen LogP contribution is 2.55. The van der Waals surface area contributed by atoms with E-state index < -0.39 is 14.4 Å². The Morgan fingerprint density at radius 3 is 2.17 bits per heavy atom. The molecule has 2 aliphatic carbocycles. The van der Waals surface area contributed by atoms with E-state index in [4.69, 9.17) is 9.52 Å². The van der Waals surface area contributed by atoms with Gasteiger partial charge < -0.3 is 9.53 Å². The molecular formula is C36H49FN2O2Si. The molecule has 1 aromatic heterocycles. The number of aliphatic hydroxyl groups is 1. The Labute approximate surface area is 253 Å². The maximum atomic E-state index is 13.6. The largest absolute Gasteiger partial charge is 0.543 e. The van der Waals surface area contributed by atoms with Crippen LogP contribution in [-0.4, -0.2) is 23.2 Å². The van der Waals surface area contributed by atoms with Crippen molar-refractivity contribution in [1.29, 1.82) is 0 Å². The zero-order valence-corrected chi connectivity index (χ0v) is 28.0. The average molecular weight is 589 g/mol. The molecule has 3 unspecified atom stereocenters. The molecule has 1 N–H and O–H groups in total. The number of benzene rings is 2. The van der Waals surface area contributed by atoms with E-state index in [-0.39, 0.29) is 17.2 Å². The Bertz CT molecular complexity index is 1430. The number of aliphatic hydroxyl groups excluding tert-OH is 1. The van der Waals surface area contributed by atoms with Crippen LogP contribution in [0.1, 0.15) is 102 Å². The predicted molar refractivity (Wildman–Crippen MR) is 173 cm³/mol. The highest BCUT2D eigenvalue weighted by Gasteiger charge is 2.48. The Morgan fingerprint density at radius 2 is 1.60 bits per heavy atom. The third-order valence-electron chi connectivity index (χ3n) is 10.6. The van der Waals surface area contributed by atoms with E-state index in [1.54, 1.807) is 12.1 Å². The van der Waals surface area contributed by atoms with Crippen LogP contribution in [0.15, 0.2) is 48.2 Å². The molecule has 0 spiro atoms. The monoisotopic (exact) mass is 588 g/mol. The second kappa shape index (κ2) is 11.4. The van der Waals surface area contributed by atoms with Gasteiger partial charge >= 0.3 is 0 Å². The predicted octanol–water partition coefficient (Wildman–Crippen LogP) is 9.66. The highest BCUT2D eigenvalue weighted by molar-refractivity contribution is 6.78. The van der Waals surface area contributed by atoms with Gasteiger partial charge in [0.1, 0.15) is 11.6 Å². The van der Waals surface area contributed by atoms with Crippen molar-refractivity contribution >= 4 is 14.4 Å². The highest BCUT2D eigenvalue weighted by atomic mass is 28.4. The van der Waals surface area contributed by atoms with Crippen LogP contribution in [0.3, 0.4) is 0 Å². The minimum atomic E-state index is -2.08. The lowest BCUT2D eigenvalue weighted by Gasteiger charge is -2.48. The van der Waals surface area contributed by atoms with E-state index in [2.05, 4.69) is 80.5 Å². The topological polar surface area (TPSA) is 47.3 Å². The van der Waals surface area contributed by atoms with E-state index >= 15 is 0 Å². The van der Waals surface area contributed by atoms with Gasteiger partial charge in [-0.1, -0.05) is 54.0 Å². The van der Waals surface area contributed by atoms with E-state index in [9.17, 15) is 9.50 Å². The van der Waals surface area contributed by atoms with Gasteiger partial charge in [0, 0.05) is 0 Å². The van der Waals surface area contributed by atoms with Gasteiger partial charge in [-0.15, -0.1) is 0 Å². The molecule has 42 heavy (non-hydrogen) atoms. The fraction of sp³-hybridized carbons (Fsp3) is 0.528. The standard InChI is InChI=1S/C36H49FN2O2Si/c1-22(2)42(23(3)4,24(5)6)41-31-17-25(7)34(26(8)18-31)35(40)32-12-10-11-28-19-33-27(20-36(28,32)9)21-38-39(33)30-15-13-29(37)14-16-30/h13-19,21-24,32,35,40H,10-12,20H2,1-9H3. The van der Waals surface area contributed by atoms with Crippen LogP contribution >= 0.6 is 0 Å². The maximum Gasteiger partial charge on any atom is 0.258 e. The summed E-state index contributed by atoms with van der Waals surface area (Å²) in [5, 5.41) is 16.8. The summed E-state index contributed by atoms with van der Waals surface area (Å²) in [6.07, 6.45) is 7.56. The van der Waals surface area contributed by atoms with Gasteiger partial charge in [0.25, 0.3) is 8.32 Å². The summed E-state index contributed by atoms with van der Waals surface area (Å²) in [6.45, 7) is 20.5. The molecular weight excluding hydrogens is 539 g/mol. The second-order valence-corrected chi connectivity index (χ2v) is 19.4. The van der Waals surface area contributed by atoms with Crippen molar-refractivity contribution in [3.63, 3.8) is 0 Å². The summed E-state index contributed by atoms with van der Waals surface area (Å²) in [5.74, 6) is 0.801. The Balaban J connectivity index is 1.46. The molecule has 5 rings (SSSR count). The molecule has 1 heterocycles. The van der Waals surface area contributed by atoms with Crippen LogP contribution < -0.4 is 4.43 Å². The van der Waals surface area contributed by atoms with E-state index in [0.29, 0.717) is 16.6 Å². The van der Waals surface area contributed by atoms with Crippen molar-refractivity contribution < 1.29 is 13.9 Å². The number of aromatic nitrogens is 2. The van der Waals surface area contributed by atoms with Crippen LogP contribution in [0.25, 0.3) is 11.8 Å². The number of rotatable bonds is 8. The molecule has 1 fully saturated rings. The summed E-state index contributed by atoms with van der Waals surface area (Å²) < 4.78 is 22.5. The minimum Gasteiger partial charge on any atom is -0.543 e. The summed E-state index contributed by atoms with van der Waals surface area (Å²) in [6, 6.07) is 10.9. The lowest BCUT2D eigenvalue weighted by molar-refractivity contribution is 0.0209. The zero-order valence-electron chi connectivity index (χ0n) is 27.0. The van der Waals surface area contributed by atoms with E-state index in [1.807, 2.05) is 10.9 Å². The van der Waals surface area contributed by atoms with Crippen molar-refractivity contribution in [2.24, 2.45) is 11.3 Å². The molecule has 0 saturated heterocycles. The Hall–Kier alpha value is -2.70. The normalized spacial score (nSPS) is 21.4. The first-order valence-corrected chi connectivity index (χ1v) is 18.0. The number of allylic oxidation sites excluding steroid dienone is 1. The van der Waals surface area contributed by atoms with Gasteiger partial charge in [0.15, 0.2) is 0 Å². The number of hydrogen-bond acceptors (Lipinski definition) is 3. The van der Waals surface area contributed by atoms with Gasteiger partial charge in [-0.3, -0.25) is 0 Å². The number of aryl methyl sites for hydroxylation is 2. The first-order chi connectivity index (χ1) is 19.8. The van der Waals surface area contributed by atoms with Crippen LogP contribution in [0.5, 0.6) is 5.75 Å². The number of nitrogens with zero attached hydrogens (tertiary/aromatic N) is 2. The average Bonchev–Trinajstić information content (AvgIpc) is 3.31. The van der Waals surface area contributed by atoms with Gasteiger partial charge in [-0.05, 0) is 132 Å². The maximum absolute atomic E-state index is 13.6. The van der Waals surface area contributed by atoms with Crippen molar-refractivity contribution in [1.82, 2.24) is 9.78 Å². The number of halogens is 1. The Kier molecular flexibility index (Phi) is 8.36. The van der Waals surface area contributed by atoms with Gasteiger partial charge in [0.2, 0.25) is 0 Å². The molecule has 0 aliphatic heterocycles. The zero-order chi connectivity index (χ0) is 30.6. The van der Waals surface area contributed by atoms with Crippen LogP contribution in [0, 0.1) is 31.0 Å². The van der Waals surface area contributed by atoms with E-state index in [0.717, 1.165) is 59.5 Å². The molecule has 0 amide bonds. The van der Waals surface area contributed by atoms with Gasteiger partial charge in [0.05, 0.1) is 23.7 Å². The summed E-state index contributed by atoms with van der Waals surface area (Å²) in [5.41, 5.74) is 9.10. The third kappa shape index (κ3) is 5.09. The first kappa shape index (κ1) is 30.7. The quantitative estimate of drug-likeness (QED) is 0.267. The molecule has 2 aromatic carbocycles. The van der Waals surface area contributed by atoms with Crippen LogP contribution in [-0.2, 0) is 6.42 Å². The van der Waals surface area contributed by atoms with E-state index in [1.165, 1.54) is 23.3 Å². The molecule has 226 valence electrons. The second-order valence-electron chi connectivity index (χ2n) is 14.0. The molecule has 3 aromatic rings. The molecule has 0 bridgehead atoms. The molecule has 4 nitrogen and oxygen atoms in total. The molecule has 6 heteroatoms. The van der Waals surface area contributed by atoms with Crippen molar-refractivity contribution in [2.45, 2.75) is 111 Å². The molecule has 0 radical (unpaired) electrons. The third-order valence-corrected chi connectivity index (χ3v) is 16.6. The SMILES string of the molecule is Cc1cc(O[Si](C(C)C)(C(C)C)C(C)C)cc(C)c1C(O)C1CCCC2=Cc3c(cnn3-c3ccc(F)cc3)CC21C. The van der Waals surface area contributed by atoms with Crippen molar-refractivity contribution in [3.05, 3.63) is 81.9 Å². The fourth-order valence-electron chi connectivity index (χ4n) is 8.59. The summed E-state index contributed by atoms with van der Waals surface area (Å²) in [7, 11) is -2.08. The lowest BCUT2D eigenvalue weighted by atomic mass is 9.57.